The van der Waals surface area contributed by atoms with Gasteiger partial charge in [0.1, 0.15) is 17.5 Å². The summed E-state index contributed by atoms with van der Waals surface area (Å²) < 4.78 is 32.4. The first-order valence-electron chi connectivity index (χ1n) is 7.95. The van der Waals surface area contributed by atoms with Crippen LogP contribution < -0.4 is 9.46 Å². The van der Waals surface area contributed by atoms with Crippen molar-refractivity contribution in [3.8, 4) is 11.5 Å². The van der Waals surface area contributed by atoms with Crippen LogP contribution in [-0.4, -0.2) is 36.5 Å². The second kappa shape index (κ2) is 9.01. The number of para-hydroxylation sites is 1. The average Bonchev–Trinajstić information content (AvgIpc) is 2.61. The Hall–Kier alpha value is -1.68. The highest BCUT2D eigenvalue weighted by atomic mass is 33.1. The molecule has 0 spiro atoms. The van der Waals surface area contributed by atoms with E-state index in [9.17, 15) is 18.3 Å². The first-order valence-corrected chi connectivity index (χ1v) is 12.0. The molecule has 2 N–H and O–H groups in total. The van der Waals surface area contributed by atoms with Crippen LogP contribution in [0, 0.1) is 0 Å². The zero-order chi connectivity index (χ0) is 20.1. The fourth-order valence-corrected chi connectivity index (χ4v) is 5.96. The van der Waals surface area contributed by atoms with Crippen molar-refractivity contribution in [2.75, 3.05) is 6.26 Å². The molecule has 0 heterocycles. The van der Waals surface area contributed by atoms with Crippen LogP contribution in [0.3, 0.4) is 0 Å². The van der Waals surface area contributed by atoms with Crippen LogP contribution in [0.1, 0.15) is 13.8 Å². The minimum Gasteiger partial charge on any atom is -0.480 e. The smallest absolute Gasteiger partial charge is 0.323 e. The van der Waals surface area contributed by atoms with Gasteiger partial charge in [-0.25, -0.2) is 8.42 Å². The van der Waals surface area contributed by atoms with Gasteiger partial charge in [-0.1, -0.05) is 39.8 Å². The molecule has 0 amide bonds. The normalized spacial score (nSPS) is 13.1. The van der Waals surface area contributed by atoms with Gasteiger partial charge in [0.15, 0.2) is 0 Å². The van der Waals surface area contributed by atoms with E-state index in [1.807, 2.05) is 24.5 Å². The fourth-order valence-electron chi connectivity index (χ4n) is 2.29. The van der Waals surface area contributed by atoms with E-state index in [1.165, 1.54) is 45.9 Å². The number of hydrogen-bond donors (Lipinski definition) is 2. The summed E-state index contributed by atoms with van der Waals surface area (Å²) in [5.74, 6) is -0.115. The number of rotatable bonds is 9. The van der Waals surface area contributed by atoms with E-state index < -0.39 is 26.8 Å². The summed E-state index contributed by atoms with van der Waals surface area (Å²) in [4.78, 5) is 11.6. The minimum atomic E-state index is -4.00. The molecule has 1 atom stereocenters. The summed E-state index contributed by atoms with van der Waals surface area (Å²) in [6.45, 7) is 3.37. The van der Waals surface area contributed by atoms with Crippen molar-refractivity contribution in [2.24, 2.45) is 0 Å². The van der Waals surface area contributed by atoms with Gasteiger partial charge in [0.25, 0.3) is 0 Å². The second-order valence-corrected chi connectivity index (χ2v) is 10.9. The molecule has 6 nitrogen and oxygen atoms in total. The van der Waals surface area contributed by atoms with Crippen molar-refractivity contribution in [3.05, 3.63) is 54.6 Å². The van der Waals surface area contributed by atoms with Gasteiger partial charge in [0.2, 0.25) is 10.0 Å². The molecule has 0 radical (unpaired) electrons. The van der Waals surface area contributed by atoms with Crippen molar-refractivity contribution in [2.45, 2.75) is 29.5 Å². The number of aliphatic carboxylic acids is 1. The highest BCUT2D eigenvalue weighted by Crippen LogP contribution is 2.37. The van der Waals surface area contributed by atoms with Gasteiger partial charge in [-0.05, 0) is 56.5 Å². The van der Waals surface area contributed by atoms with Gasteiger partial charge in [0, 0.05) is 4.75 Å². The Labute approximate surface area is 167 Å². The molecule has 146 valence electrons. The van der Waals surface area contributed by atoms with Crippen LogP contribution in [-0.2, 0) is 14.8 Å². The maximum atomic E-state index is 12.6. The Kier molecular flexibility index (Phi) is 7.21. The summed E-state index contributed by atoms with van der Waals surface area (Å²) in [5, 5.41) is 9.48. The molecule has 0 unspecified atom stereocenters. The van der Waals surface area contributed by atoms with Crippen molar-refractivity contribution < 1.29 is 23.1 Å². The van der Waals surface area contributed by atoms with Crippen LogP contribution in [0.15, 0.2) is 59.5 Å². The summed E-state index contributed by atoms with van der Waals surface area (Å²) in [6, 6.07) is 13.6. The van der Waals surface area contributed by atoms with Crippen molar-refractivity contribution in [3.63, 3.8) is 0 Å². The lowest BCUT2D eigenvalue weighted by Gasteiger charge is -2.30. The Morgan fingerprint density at radius 2 is 1.63 bits per heavy atom. The molecule has 2 aromatic rings. The van der Waals surface area contributed by atoms with Crippen LogP contribution in [0.2, 0.25) is 0 Å². The predicted molar refractivity (Wildman–Crippen MR) is 110 cm³/mol. The number of hydrogen-bond acceptors (Lipinski definition) is 6. The van der Waals surface area contributed by atoms with E-state index in [1.54, 1.807) is 26.0 Å². The third kappa shape index (κ3) is 5.90. The van der Waals surface area contributed by atoms with Gasteiger partial charge < -0.3 is 9.84 Å². The molecule has 0 saturated carbocycles. The van der Waals surface area contributed by atoms with E-state index in [-0.39, 0.29) is 4.90 Å². The summed E-state index contributed by atoms with van der Waals surface area (Å²) in [5.41, 5.74) is 0. The molecule has 0 aliphatic carbocycles. The molecular weight excluding hydrogens is 406 g/mol. The quantitative estimate of drug-likeness (QED) is 0.584. The number of benzene rings is 2. The molecular formula is C18H21NO5S3. The number of carboxylic acids is 1. The van der Waals surface area contributed by atoms with Gasteiger partial charge in [-0.15, -0.1) is 0 Å². The van der Waals surface area contributed by atoms with Crippen LogP contribution in [0.5, 0.6) is 11.5 Å². The second-order valence-electron chi connectivity index (χ2n) is 6.13. The largest absolute Gasteiger partial charge is 0.480 e. The summed E-state index contributed by atoms with van der Waals surface area (Å²) in [7, 11) is -1.33. The van der Waals surface area contributed by atoms with Crippen molar-refractivity contribution in [1.82, 2.24) is 4.72 Å². The maximum absolute atomic E-state index is 12.6. The Bertz CT molecular complexity index is 868. The molecule has 2 rings (SSSR count). The Balaban J connectivity index is 2.19. The van der Waals surface area contributed by atoms with E-state index in [0.717, 1.165) is 0 Å². The zero-order valence-electron chi connectivity index (χ0n) is 15.1. The van der Waals surface area contributed by atoms with Gasteiger partial charge in [-0.2, -0.15) is 4.72 Å². The third-order valence-electron chi connectivity index (χ3n) is 3.63. The lowest BCUT2D eigenvalue weighted by Crippen LogP contribution is -2.52. The maximum Gasteiger partial charge on any atom is 0.323 e. The molecule has 0 aliphatic heterocycles. The van der Waals surface area contributed by atoms with Crippen molar-refractivity contribution >= 4 is 37.6 Å². The fraction of sp³-hybridized carbons (Fsp3) is 0.278. The number of carbonyl (C=O) groups is 1. The summed E-state index contributed by atoms with van der Waals surface area (Å²) >= 11 is 0. The Morgan fingerprint density at radius 3 is 2.15 bits per heavy atom. The van der Waals surface area contributed by atoms with Crippen LogP contribution >= 0.6 is 21.6 Å². The number of nitrogens with one attached hydrogen (secondary N) is 1. The van der Waals surface area contributed by atoms with Crippen LogP contribution in [0.25, 0.3) is 0 Å². The lowest BCUT2D eigenvalue weighted by molar-refractivity contribution is -0.139. The standard InChI is InChI=1S/C18H21NO5S3/c1-18(2,26-25-3)16(17(20)21)19-27(22,23)15-11-9-14(10-12-15)24-13-7-5-4-6-8-13/h4-12,16,19H,1-3H3,(H,20,21)/t16-/m0/s1. The zero-order valence-corrected chi connectivity index (χ0v) is 17.5. The third-order valence-corrected chi connectivity index (χ3v) is 7.69. The highest BCUT2D eigenvalue weighted by Gasteiger charge is 2.39. The number of carboxylic acid groups (broad SMARTS) is 1. The number of ether oxygens (including phenoxy) is 1. The lowest BCUT2D eigenvalue weighted by atomic mass is 10.1. The molecule has 0 aromatic heterocycles. The topological polar surface area (TPSA) is 92.7 Å². The number of sulfonamides is 1. The van der Waals surface area contributed by atoms with Gasteiger partial charge in [-0.3, -0.25) is 4.79 Å². The molecule has 0 bridgehead atoms. The van der Waals surface area contributed by atoms with Gasteiger partial charge in [0.05, 0.1) is 4.90 Å². The van der Waals surface area contributed by atoms with E-state index >= 15 is 0 Å². The molecule has 2 aromatic carbocycles. The predicted octanol–water partition coefficient (Wildman–Crippen LogP) is 4.00. The minimum absolute atomic E-state index is 0.0286. The average molecular weight is 428 g/mol. The van der Waals surface area contributed by atoms with Crippen molar-refractivity contribution in [1.29, 1.82) is 0 Å². The SMILES string of the molecule is CSSC(C)(C)[C@@H](NS(=O)(=O)c1ccc(Oc2ccccc2)cc1)C(=O)O. The molecule has 0 aliphatic rings. The van der Waals surface area contributed by atoms with E-state index in [4.69, 9.17) is 4.74 Å². The Morgan fingerprint density at radius 1 is 1.07 bits per heavy atom. The van der Waals surface area contributed by atoms with Crippen LogP contribution in [0.4, 0.5) is 0 Å². The molecule has 27 heavy (non-hydrogen) atoms. The van der Waals surface area contributed by atoms with Gasteiger partial charge >= 0.3 is 5.97 Å². The molecule has 0 fully saturated rings. The summed E-state index contributed by atoms with van der Waals surface area (Å²) in [6.07, 6.45) is 1.81. The monoisotopic (exact) mass is 427 g/mol. The van der Waals surface area contributed by atoms with E-state index in [2.05, 4.69) is 4.72 Å². The highest BCUT2D eigenvalue weighted by molar-refractivity contribution is 8.77. The first-order chi connectivity index (χ1) is 12.7. The van der Waals surface area contributed by atoms with E-state index in [0.29, 0.717) is 11.5 Å². The molecule has 9 heteroatoms. The molecule has 0 saturated heterocycles. The first kappa shape index (κ1) is 21.6.